The first-order valence-electron chi connectivity index (χ1n) is 11.6. The zero-order valence-corrected chi connectivity index (χ0v) is 19.9. The molecule has 2 fully saturated rings. The summed E-state index contributed by atoms with van der Waals surface area (Å²) < 4.78 is 5.38. The van der Waals surface area contributed by atoms with E-state index >= 15 is 0 Å². The molecule has 0 bridgehead atoms. The fourth-order valence-electron chi connectivity index (χ4n) is 5.05. The Morgan fingerprint density at radius 1 is 0.912 bits per heavy atom. The van der Waals surface area contributed by atoms with Crippen molar-refractivity contribution < 1.29 is 9.21 Å². The second kappa shape index (κ2) is 9.13. The predicted molar refractivity (Wildman–Crippen MR) is 138 cm³/mol. The third kappa shape index (κ3) is 4.16. The van der Waals surface area contributed by atoms with Crippen molar-refractivity contribution in [2.24, 2.45) is 5.92 Å². The van der Waals surface area contributed by atoms with Crippen LogP contribution in [0.1, 0.15) is 25.7 Å². The minimum Gasteiger partial charge on any atom is -0.424 e. The average Bonchev–Trinajstić information content (AvgIpc) is 3.51. The molecule has 1 amide bonds. The van der Waals surface area contributed by atoms with Crippen molar-refractivity contribution in [3.63, 3.8) is 0 Å². The summed E-state index contributed by atoms with van der Waals surface area (Å²) >= 11 is 0. The van der Waals surface area contributed by atoms with E-state index in [1.165, 1.54) is 12.8 Å². The van der Waals surface area contributed by atoms with Crippen molar-refractivity contribution in [2.45, 2.75) is 25.7 Å². The predicted octanol–water partition coefficient (Wildman–Crippen LogP) is 3.97. The summed E-state index contributed by atoms with van der Waals surface area (Å²) in [5.74, 6) is 1.43. The van der Waals surface area contributed by atoms with Gasteiger partial charge in [0.1, 0.15) is 11.3 Å². The third-order valence-corrected chi connectivity index (χ3v) is 6.89. The van der Waals surface area contributed by atoms with Crippen LogP contribution >= 0.6 is 13.5 Å². The van der Waals surface area contributed by atoms with Gasteiger partial charge in [-0.3, -0.25) is 9.78 Å². The molecule has 8 nitrogen and oxygen atoms in total. The number of carbonyl (C=O) groups excluding carboxylic acids is 1. The lowest BCUT2D eigenvalue weighted by Gasteiger charge is -2.36. The van der Waals surface area contributed by atoms with Crippen molar-refractivity contribution in [3.05, 3.63) is 42.6 Å². The van der Waals surface area contributed by atoms with Gasteiger partial charge in [-0.25, -0.2) is 4.98 Å². The van der Waals surface area contributed by atoms with Crippen LogP contribution in [0.3, 0.4) is 0 Å². The number of hydrogen-bond acceptors (Lipinski definition) is 7. The summed E-state index contributed by atoms with van der Waals surface area (Å²) in [4.78, 5) is 30.8. The van der Waals surface area contributed by atoms with Crippen molar-refractivity contribution in [3.8, 4) is 11.1 Å². The molecule has 2 N–H and O–H groups in total. The maximum atomic E-state index is 12.7. The van der Waals surface area contributed by atoms with Gasteiger partial charge in [-0.15, -0.1) is 0 Å². The van der Waals surface area contributed by atoms with Crippen LogP contribution in [-0.2, 0) is 4.79 Å². The number of piperazine rings is 1. The second-order valence-electron chi connectivity index (χ2n) is 8.96. The number of benzene rings is 2. The molecule has 34 heavy (non-hydrogen) atoms. The minimum absolute atomic E-state index is 0. The molecule has 0 radical (unpaired) electrons. The Bertz CT molecular complexity index is 1340. The number of fused-ring (bicyclic) bond motifs is 2. The summed E-state index contributed by atoms with van der Waals surface area (Å²) in [5.41, 5.74) is 10.8. The highest BCUT2D eigenvalue weighted by atomic mass is 32.1. The molecule has 9 heteroatoms. The molecule has 1 aliphatic heterocycles. The van der Waals surface area contributed by atoms with Crippen LogP contribution < -0.4 is 10.6 Å². The number of hydrogen-bond donors (Lipinski definition) is 1. The first-order chi connectivity index (χ1) is 16.1. The van der Waals surface area contributed by atoms with Gasteiger partial charge >= 0.3 is 0 Å². The summed E-state index contributed by atoms with van der Waals surface area (Å²) in [7, 11) is 0. The van der Waals surface area contributed by atoms with Crippen LogP contribution in [0.25, 0.3) is 33.3 Å². The second-order valence-corrected chi connectivity index (χ2v) is 8.96. The number of aromatic nitrogens is 3. The van der Waals surface area contributed by atoms with Crippen molar-refractivity contribution in [2.75, 3.05) is 36.8 Å². The number of nitrogens with zero attached hydrogens (tertiary/aromatic N) is 5. The van der Waals surface area contributed by atoms with Crippen molar-refractivity contribution >= 4 is 53.4 Å². The Morgan fingerprint density at radius 3 is 2.38 bits per heavy atom. The molecule has 0 spiro atoms. The van der Waals surface area contributed by atoms with Gasteiger partial charge in [0.25, 0.3) is 6.01 Å². The van der Waals surface area contributed by atoms with Crippen LogP contribution in [0.15, 0.2) is 47.0 Å². The maximum absolute atomic E-state index is 12.7. The van der Waals surface area contributed by atoms with E-state index in [0.717, 1.165) is 72.5 Å². The fraction of sp³-hybridized carbons (Fsp3) is 0.360. The Morgan fingerprint density at radius 2 is 1.62 bits per heavy atom. The average molecular weight is 477 g/mol. The molecular weight excluding hydrogens is 448 g/mol. The van der Waals surface area contributed by atoms with E-state index in [0.29, 0.717) is 11.5 Å². The Balaban J connectivity index is 0.00000241. The molecular formula is C25H28N6O2S. The summed E-state index contributed by atoms with van der Waals surface area (Å²) in [5, 5.41) is 0. The van der Waals surface area contributed by atoms with Gasteiger partial charge in [0.05, 0.1) is 17.2 Å². The number of nitrogens with two attached hydrogens (primary N) is 1. The summed E-state index contributed by atoms with van der Waals surface area (Å²) in [6.45, 7) is 3.05. The SMILES string of the molecule is Nc1nc2cc(-c3ccc4ncc(N5CCN(C(=O)C6CCCC6)CC5)nc4c3)ccc2o1.S. The summed E-state index contributed by atoms with van der Waals surface area (Å²) in [6, 6.07) is 12.1. The topological polar surface area (TPSA) is 101 Å². The molecule has 6 rings (SSSR count). The quantitative estimate of drug-likeness (QED) is 0.477. The largest absolute Gasteiger partial charge is 0.424 e. The lowest BCUT2D eigenvalue weighted by Crippen LogP contribution is -2.50. The van der Waals surface area contributed by atoms with Gasteiger partial charge < -0.3 is 20.0 Å². The van der Waals surface area contributed by atoms with Gasteiger partial charge in [0.15, 0.2) is 5.58 Å². The molecule has 2 aromatic carbocycles. The van der Waals surface area contributed by atoms with Gasteiger partial charge in [0, 0.05) is 32.1 Å². The molecule has 1 saturated heterocycles. The normalized spacial score (nSPS) is 16.8. The molecule has 0 atom stereocenters. The van der Waals surface area contributed by atoms with E-state index in [-0.39, 0.29) is 25.4 Å². The number of oxazole rings is 1. The Labute approximate surface area is 204 Å². The van der Waals surface area contributed by atoms with Crippen LogP contribution in [-0.4, -0.2) is 51.9 Å². The molecule has 1 aliphatic carbocycles. The van der Waals surface area contributed by atoms with E-state index in [1.807, 2.05) is 41.4 Å². The monoisotopic (exact) mass is 476 g/mol. The van der Waals surface area contributed by atoms with Gasteiger partial charge in [-0.2, -0.15) is 18.5 Å². The molecule has 0 unspecified atom stereocenters. The molecule has 3 heterocycles. The van der Waals surface area contributed by atoms with E-state index in [1.54, 1.807) is 0 Å². The van der Waals surface area contributed by atoms with E-state index in [9.17, 15) is 4.79 Å². The summed E-state index contributed by atoms with van der Waals surface area (Å²) in [6.07, 6.45) is 6.31. The van der Waals surface area contributed by atoms with Crippen molar-refractivity contribution in [1.82, 2.24) is 19.9 Å². The molecule has 4 aromatic rings. The number of carbonyl (C=O) groups is 1. The van der Waals surface area contributed by atoms with Crippen molar-refractivity contribution in [1.29, 1.82) is 0 Å². The highest BCUT2D eigenvalue weighted by Gasteiger charge is 2.29. The van der Waals surface area contributed by atoms with E-state index in [4.69, 9.17) is 15.1 Å². The highest BCUT2D eigenvalue weighted by Crippen LogP contribution is 2.29. The molecule has 2 aliphatic rings. The van der Waals surface area contributed by atoms with Gasteiger partial charge in [-0.05, 0) is 48.2 Å². The van der Waals surface area contributed by atoms with Gasteiger partial charge in [-0.1, -0.05) is 25.0 Å². The van der Waals surface area contributed by atoms with E-state index in [2.05, 4.69) is 20.9 Å². The number of nitrogen functional groups attached to an aromatic ring is 1. The molecule has 176 valence electrons. The minimum atomic E-state index is 0. The molecule has 1 saturated carbocycles. The van der Waals surface area contributed by atoms with Gasteiger partial charge in [0.2, 0.25) is 5.91 Å². The van der Waals surface area contributed by atoms with Crippen LogP contribution in [0, 0.1) is 5.92 Å². The molecule has 2 aromatic heterocycles. The number of rotatable bonds is 3. The van der Waals surface area contributed by atoms with Crippen LogP contribution in [0.5, 0.6) is 0 Å². The highest BCUT2D eigenvalue weighted by molar-refractivity contribution is 7.59. The third-order valence-electron chi connectivity index (χ3n) is 6.89. The Kier molecular flexibility index (Phi) is 6.03. The zero-order valence-electron chi connectivity index (χ0n) is 18.9. The first kappa shape index (κ1) is 22.5. The van der Waals surface area contributed by atoms with Crippen LogP contribution in [0.4, 0.5) is 11.8 Å². The maximum Gasteiger partial charge on any atom is 0.292 e. The smallest absolute Gasteiger partial charge is 0.292 e. The zero-order chi connectivity index (χ0) is 22.4. The number of amides is 1. The standard InChI is InChI=1S/C25H26N6O2.H2S/c26-25-29-21-14-18(6-8-22(21)33-25)17-5-7-19-20(13-17)28-23(15-27-19)30-9-11-31(12-10-30)24(32)16-3-1-2-4-16;/h5-8,13-16H,1-4,9-12H2,(H2,26,29);1H2. The van der Waals surface area contributed by atoms with E-state index < -0.39 is 0 Å². The number of anilines is 2. The lowest BCUT2D eigenvalue weighted by atomic mass is 10.0. The first-order valence-corrected chi connectivity index (χ1v) is 11.6. The Hall–Kier alpha value is -3.33. The lowest BCUT2D eigenvalue weighted by molar-refractivity contribution is -0.135. The fourth-order valence-corrected chi connectivity index (χ4v) is 5.05. The van der Waals surface area contributed by atoms with Crippen LogP contribution in [0.2, 0.25) is 0 Å².